The first-order valence-electron chi connectivity index (χ1n) is 16.3. The van der Waals surface area contributed by atoms with Gasteiger partial charge in [-0.25, -0.2) is 24.9 Å². The zero-order valence-electron chi connectivity index (χ0n) is 30.5. The molecule has 2 aromatic carbocycles. The molecule has 0 saturated heterocycles. The third-order valence-corrected chi connectivity index (χ3v) is 7.13. The maximum atomic E-state index is 5.62. The van der Waals surface area contributed by atoms with E-state index in [0.717, 1.165) is 56.7 Å². The monoisotopic (exact) mass is 649 g/mol. The Morgan fingerprint density at radius 3 is 1.60 bits per heavy atom. The van der Waals surface area contributed by atoms with Crippen LogP contribution in [0.3, 0.4) is 0 Å². The lowest BCUT2D eigenvalue weighted by molar-refractivity contribution is 0.411. The predicted molar refractivity (Wildman–Crippen MR) is 195 cm³/mol. The molecule has 0 spiro atoms. The van der Waals surface area contributed by atoms with Gasteiger partial charge in [-0.2, -0.15) is 5.10 Å². The van der Waals surface area contributed by atoms with Gasteiger partial charge in [0.2, 0.25) is 5.89 Å². The highest BCUT2D eigenvalue weighted by Crippen LogP contribution is 2.26. The Bertz CT molecular complexity index is 1720. The van der Waals surface area contributed by atoms with Gasteiger partial charge in [-0.05, 0) is 36.4 Å². The summed E-state index contributed by atoms with van der Waals surface area (Å²) in [6.07, 6.45) is 3.29. The molecule has 254 valence electrons. The van der Waals surface area contributed by atoms with Gasteiger partial charge in [-0.1, -0.05) is 107 Å². The molecule has 0 bridgehead atoms. The van der Waals surface area contributed by atoms with Crippen LogP contribution < -0.4 is 0 Å². The van der Waals surface area contributed by atoms with E-state index in [-0.39, 0.29) is 21.7 Å². The van der Waals surface area contributed by atoms with Crippen LogP contribution in [0.4, 0.5) is 0 Å². The number of pyridine rings is 1. The molecule has 3 N–H and O–H groups in total. The highest BCUT2D eigenvalue weighted by Gasteiger charge is 2.21. The summed E-state index contributed by atoms with van der Waals surface area (Å²) in [7, 11) is 0. The number of hydrogen-bond donors (Lipinski definition) is 3. The third kappa shape index (κ3) is 9.59. The predicted octanol–water partition coefficient (Wildman–Crippen LogP) is 9.34. The summed E-state index contributed by atoms with van der Waals surface area (Å²) in [6.45, 7) is 25.4. The quantitative estimate of drug-likeness (QED) is 0.149. The minimum atomic E-state index is -0.0149. The van der Waals surface area contributed by atoms with E-state index < -0.39 is 0 Å². The fourth-order valence-corrected chi connectivity index (χ4v) is 4.27. The Morgan fingerprint density at radius 1 is 0.521 bits per heavy atom. The van der Waals surface area contributed by atoms with Crippen LogP contribution in [0, 0.1) is 0 Å². The van der Waals surface area contributed by atoms with Crippen LogP contribution in [0.15, 0.2) is 77.6 Å². The molecule has 7 rings (SSSR count). The van der Waals surface area contributed by atoms with Gasteiger partial charge < -0.3 is 14.4 Å². The van der Waals surface area contributed by atoms with E-state index in [1.807, 2.05) is 54.6 Å². The molecule has 0 fully saturated rings. The smallest absolute Gasteiger partial charge is 0.200 e. The van der Waals surface area contributed by atoms with Crippen molar-refractivity contribution in [3.05, 3.63) is 96.6 Å². The molecule has 7 aromatic rings. The van der Waals surface area contributed by atoms with Gasteiger partial charge in [0, 0.05) is 27.9 Å². The number of hydrogen-bond acceptors (Lipinski definition) is 7. The van der Waals surface area contributed by atoms with Crippen molar-refractivity contribution in [1.29, 1.82) is 0 Å². The highest BCUT2D eigenvalue weighted by molar-refractivity contribution is 5.75. The number of benzene rings is 2. The summed E-state index contributed by atoms with van der Waals surface area (Å²) in [5, 5.41) is 6.57. The van der Waals surface area contributed by atoms with E-state index >= 15 is 0 Å². The molecular weight excluding hydrogens is 598 g/mol. The summed E-state index contributed by atoms with van der Waals surface area (Å²) in [4.78, 5) is 28.1. The molecule has 5 aromatic heterocycles. The molecule has 5 heterocycles. The van der Waals surface area contributed by atoms with Gasteiger partial charge in [-0.15, -0.1) is 0 Å². The molecule has 0 saturated carbocycles. The molecule has 0 unspecified atom stereocenters. The largest absolute Gasteiger partial charge is 0.440 e. The zero-order valence-corrected chi connectivity index (χ0v) is 30.5. The van der Waals surface area contributed by atoms with Crippen LogP contribution in [0.5, 0.6) is 0 Å². The van der Waals surface area contributed by atoms with E-state index in [1.54, 1.807) is 6.20 Å². The van der Waals surface area contributed by atoms with Crippen molar-refractivity contribution in [1.82, 2.24) is 45.1 Å². The van der Waals surface area contributed by atoms with Crippen molar-refractivity contribution in [2.45, 2.75) is 105 Å². The first-order valence-corrected chi connectivity index (χ1v) is 16.3. The molecule has 10 nitrogen and oxygen atoms in total. The lowest BCUT2D eigenvalue weighted by Crippen LogP contribution is -2.13. The van der Waals surface area contributed by atoms with Crippen molar-refractivity contribution in [3.8, 4) is 0 Å². The molecule has 0 aliphatic rings. The number of H-pyrrole nitrogens is 3. The number of nitrogens with one attached hydrogen (secondary N) is 3. The number of oxazole rings is 1. The Kier molecular flexibility index (Phi) is 10.6. The minimum absolute atomic E-state index is 0.0149. The molecule has 10 heteroatoms. The summed E-state index contributed by atoms with van der Waals surface area (Å²) in [5.41, 5.74) is 6.01. The van der Waals surface area contributed by atoms with Gasteiger partial charge in [-0.3, -0.25) is 5.10 Å². The zero-order chi connectivity index (χ0) is 35.3. The van der Waals surface area contributed by atoms with Crippen LogP contribution in [0.25, 0.3) is 33.3 Å². The topological polar surface area (TPSA) is 138 Å². The van der Waals surface area contributed by atoms with Crippen LogP contribution in [0.1, 0.15) is 106 Å². The fourth-order valence-electron chi connectivity index (χ4n) is 4.27. The average Bonchev–Trinajstić information content (AvgIpc) is 3.81. The number of para-hydroxylation sites is 4. The number of fused-ring (bicyclic) bond motifs is 3. The van der Waals surface area contributed by atoms with Crippen LogP contribution >= 0.6 is 0 Å². The molecule has 0 atom stereocenters. The fraction of sp³-hybridized carbons (Fsp3) is 0.421. The first-order chi connectivity index (χ1) is 22.3. The first kappa shape index (κ1) is 36.0. The van der Waals surface area contributed by atoms with Gasteiger partial charge in [0.15, 0.2) is 11.2 Å². The van der Waals surface area contributed by atoms with Crippen molar-refractivity contribution < 1.29 is 4.42 Å². The highest BCUT2D eigenvalue weighted by atomic mass is 16.3. The summed E-state index contributed by atoms with van der Waals surface area (Å²) in [6, 6.07) is 19.8. The molecule has 0 amide bonds. The SMILES string of the molecule is CC(C)(C)c1nc2ccccc2[nH]1.CC(C)(C)c1nc2ccccc2o1.CC(C)(C)c1nc2ncccc2[nH]1.CC(C)(C)c1ncn[nH]1. The Labute approximate surface area is 283 Å². The average molecular weight is 650 g/mol. The van der Waals surface area contributed by atoms with Crippen molar-refractivity contribution in [2.24, 2.45) is 0 Å². The normalized spacial score (nSPS) is 12.2. The van der Waals surface area contributed by atoms with Crippen molar-refractivity contribution in [2.75, 3.05) is 0 Å². The summed E-state index contributed by atoms with van der Waals surface area (Å²) >= 11 is 0. The standard InChI is InChI=1S/C11H14N2.C11H13NO.C10H13N3.C6H11N3/c2*1-11(2,3)10-12-8-6-4-5-7-9(8)13-10;1-10(2,3)9-12-7-5-4-6-11-8(7)13-9;1-6(2,3)5-7-4-8-9-5/h4-7H,1-3H3,(H,12,13);4-7H,1-3H3;4-6H,1-3H3,(H,11,12,13);4H,1-3H3,(H,7,8,9). The Hall–Kier alpha value is -4.86. The van der Waals surface area contributed by atoms with E-state index in [4.69, 9.17) is 4.42 Å². The van der Waals surface area contributed by atoms with Crippen LogP contribution in [-0.4, -0.2) is 45.1 Å². The van der Waals surface area contributed by atoms with E-state index in [2.05, 4.69) is 134 Å². The second-order valence-corrected chi connectivity index (χ2v) is 15.9. The lowest BCUT2D eigenvalue weighted by atomic mass is 9.96. The molecule has 0 aliphatic heterocycles. The number of nitrogens with zero attached hydrogens (tertiary/aromatic N) is 6. The van der Waals surface area contributed by atoms with Gasteiger partial charge in [0.05, 0.1) is 16.6 Å². The number of rotatable bonds is 0. The number of aromatic amines is 3. The molecular formula is C38H51N9O. The summed E-state index contributed by atoms with van der Waals surface area (Å²) < 4.78 is 5.62. The summed E-state index contributed by atoms with van der Waals surface area (Å²) in [5.74, 6) is 3.77. The second-order valence-electron chi connectivity index (χ2n) is 15.9. The molecule has 48 heavy (non-hydrogen) atoms. The van der Waals surface area contributed by atoms with E-state index in [1.165, 1.54) is 6.33 Å². The lowest BCUT2D eigenvalue weighted by Gasteiger charge is -2.13. The van der Waals surface area contributed by atoms with Crippen molar-refractivity contribution in [3.63, 3.8) is 0 Å². The van der Waals surface area contributed by atoms with Gasteiger partial charge in [0.1, 0.15) is 29.3 Å². The van der Waals surface area contributed by atoms with E-state index in [9.17, 15) is 0 Å². The van der Waals surface area contributed by atoms with Gasteiger partial charge in [0.25, 0.3) is 0 Å². The second kappa shape index (κ2) is 14.1. The van der Waals surface area contributed by atoms with Crippen molar-refractivity contribution >= 4 is 33.3 Å². The maximum absolute atomic E-state index is 5.62. The van der Waals surface area contributed by atoms with Crippen LogP contribution in [0.2, 0.25) is 0 Å². The third-order valence-electron chi connectivity index (χ3n) is 7.13. The Balaban J connectivity index is 0.000000146. The molecule has 0 radical (unpaired) electrons. The Morgan fingerprint density at radius 2 is 1.08 bits per heavy atom. The van der Waals surface area contributed by atoms with Gasteiger partial charge >= 0.3 is 0 Å². The maximum Gasteiger partial charge on any atom is 0.200 e. The van der Waals surface area contributed by atoms with Crippen LogP contribution in [-0.2, 0) is 21.7 Å². The van der Waals surface area contributed by atoms with E-state index in [0.29, 0.717) is 0 Å². The number of imidazole rings is 2. The number of aromatic nitrogens is 9. The minimum Gasteiger partial charge on any atom is -0.440 e. The molecule has 0 aliphatic carbocycles.